The number of likely N-dealkylation sites (tertiary alicyclic amines) is 1. The number of aliphatic imine (C=N–C) groups is 1. The number of benzene rings is 2. The van der Waals surface area contributed by atoms with Crippen LogP contribution in [0.25, 0.3) is 0 Å². The molecule has 1 atom stereocenters. The monoisotopic (exact) mass is 450 g/mol. The zero-order valence-electron chi connectivity index (χ0n) is 18.2. The predicted molar refractivity (Wildman–Crippen MR) is 128 cm³/mol. The number of nitrogens with zero attached hydrogens (tertiary/aromatic N) is 2. The van der Waals surface area contributed by atoms with E-state index in [4.69, 9.17) is 0 Å². The second-order valence-corrected chi connectivity index (χ2v) is 9.23. The quantitative estimate of drug-likeness (QED) is 0.719. The maximum absolute atomic E-state index is 12.6. The first kappa shape index (κ1) is 22.1. The van der Waals surface area contributed by atoms with E-state index < -0.39 is 5.25 Å². The summed E-state index contributed by atoms with van der Waals surface area (Å²) in [6, 6.07) is 12.5. The highest BCUT2D eigenvalue weighted by atomic mass is 32.2. The average molecular weight is 451 g/mol. The molecule has 0 saturated carbocycles. The Kier molecular flexibility index (Phi) is 6.60. The zero-order chi connectivity index (χ0) is 22.7. The van der Waals surface area contributed by atoms with Gasteiger partial charge in [-0.2, -0.15) is 4.99 Å². The number of hydrogen-bond donors (Lipinski definition) is 2. The first-order valence-corrected chi connectivity index (χ1v) is 11.6. The number of thioether (sulfide) groups is 1. The lowest BCUT2D eigenvalue weighted by molar-refractivity contribution is -0.121. The van der Waals surface area contributed by atoms with Gasteiger partial charge < -0.3 is 15.5 Å². The summed E-state index contributed by atoms with van der Waals surface area (Å²) in [6.45, 7) is 5.80. The van der Waals surface area contributed by atoms with Crippen LogP contribution >= 0.6 is 11.8 Å². The number of anilines is 2. The van der Waals surface area contributed by atoms with Crippen LogP contribution in [0.2, 0.25) is 0 Å². The summed E-state index contributed by atoms with van der Waals surface area (Å²) < 4.78 is 0. The third-order valence-corrected chi connectivity index (χ3v) is 6.97. The molecular weight excluding hydrogens is 424 g/mol. The van der Waals surface area contributed by atoms with E-state index in [0.717, 1.165) is 47.9 Å². The van der Waals surface area contributed by atoms with Gasteiger partial charge in [0.1, 0.15) is 5.25 Å². The van der Waals surface area contributed by atoms with Gasteiger partial charge in [0.2, 0.25) is 5.91 Å². The Morgan fingerprint density at radius 1 is 1.06 bits per heavy atom. The van der Waals surface area contributed by atoms with Crippen molar-refractivity contribution in [1.29, 1.82) is 0 Å². The van der Waals surface area contributed by atoms with Crippen LogP contribution in [0, 0.1) is 13.8 Å². The van der Waals surface area contributed by atoms with E-state index in [1.54, 1.807) is 24.3 Å². The number of nitrogens with one attached hydrogen (secondary N) is 2. The Bertz CT molecular complexity index is 1080. The molecule has 8 heteroatoms. The predicted octanol–water partition coefficient (Wildman–Crippen LogP) is 3.98. The third-order valence-electron chi connectivity index (χ3n) is 5.76. The molecule has 2 aliphatic heterocycles. The number of carbonyl (C=O) groups excluding carboxylic acids is 3. The highest BCUT2D eigenvalue weighted by Gasteiger charge is 2.33. The fourth-order valence-corrected chi connectivity index (χ4v) is 4.84. The minimum atomic E-state index is -0.479. The maximum atomic E-state index is 12.6. The Morgan fingerprint density at radius 3 is 2.50 bits per heavy atom. The summed E-state index contributed by atoms with van der Waals surface area (Å²) in [4.78, 5) is 43.4. The van der Waals surface area contributed by atoms with Crippen LogP contribution < -0.4 is 10.6 Å². The molecule has 7 nitrogen and oxygen atoms in total. The minimum Gasteiger partial charge on any atom is -0.351 e. The standard InChI is InChI=1S/C24H26N4O3S/c1-15-6-5-7-19(16(15)2)26-22(30)17-8-10-18(11-9-17)25-21(29)14-20-23(31)27-24(32-20)28-12-3-4-13-28/h5-11,20H,3-4,12-14H2,1-2H3,(H,25,29)(H,26,30). The van der Waals surface area contributed by atoms with Gasteiger partial charge in [-0.05, 0) is 68.1 Å². The van der Waals surface area contributed by atoms with Gasteiger partial charge >= 0.3 is 0 Å². The lowest BCUT2D eigenvalue weighted by Gasteiger charge is -2.16. The summed E-state index contributed by atoms with van der Waals surface area (Å²) in [5.41, 5.74) is 3.99. The van der Waals surface area contributed by atoms with E-state index >= 15 is 0 Å². The number of hydrogen-bond acceptors (Lipinski definition) is 5. The minimum absolute atomic E-state index is 0.0687. The van der Waals surface area contributed by atoms with Crippen molar-refractivity contribution in [2.45, 2.75) is 38.4 Å². The van der Waals surface area contributed by atoms with Gasteiger partial charge in [-0.25, -0.2) is 0 Å². The van der Waals surface area contributed by atoms with Crippen LogP contribution in [0.5, 0.6) is 0 Å². The molecule has 0 aromatic heterocycles. The summed E-state index contributed by atoms with van der Waals surface area (Å²) in [7, 11) is 0. The molecule has 2 aromatic rings. The van der Waals surface area contributed by atoms with Gasteiger partial charge in [-0.15, -0.1) is 0 Å². The van der Waals surface area contributed by atoms with Gasteiger partial charge in [0, 0.05) is 36.4 Å². The number of aryl methyl sites for hydroxylation is 1. The van der Waals surface area contributed by atoms with Crippen molar-refractivity contribution in [3.63, 3.8) is 0 Å². The molecule has 1 saturated heterocycles. The SMILES string of the molecule is Cc1cccc(NC(=O)c2ccc(NC(=O)CC3SC(N4CCCC4)=NC3=O)cc2)c1C. The molecule has 2 aliphatic rings. The number of carbonyl (C=O) groups is 3. The van der Waals surface area contributed by atoms with Crippen LogP contribution in [-0.2, 0) is 9.59 Å². The van der Waals surface area contributed by atoms with Crippen molar-refractivity contribution in [2.24, 2.45) is 4.99 Å². The molecule has 0 aliphatic carbocycles. The number of amidine groups is 1. The number of rotatable bonds is 5. The van der Waals surface area contributed by atoms with E-state index in [1.807, 2.05) is 32.0 Å². The molecular formula is C24H26N4O3S. The Labute approximate surface area is 191 Å². The highest BCUT2D eigenvalue weighted by molar-refractivity contribution is 8.15. The molecule has 32 heavy (non-hydrogen) atoms. The first-order valence-electron chi connectivity index (χ1n) is 10.7. The van der Waals surface area contributed by atoms with Gasteiger partial charge in [0.15, 0.2) is 5.17 Å². The molecule has 2 N–H and O–H groups in total. The van der Waals surface area contributed by atoms with Crippen molar-refractivity contribution in [3.05, 3.63) is 59.2 Å². The Balaban J connectivity index is 1.30. The fourth-order valence-electron chi connectivity index (χ4n) is 3.72. The molecule has 3 amide bonds. The van der Waals surface area contributed by atoms with Crippen LogP contribution in [0.1, 0.15) is 40.7 Å². The summed E-state index contributed by atoms with van der Waals surface area (Å²) in [5, 5.41) is 5.99. The average Bonchev–Trinajstić information content (AvgIpc) is 3.42. The van der Waals surface area contributed by atoms with E-state index in [0.29, 0.717) is 11.3 Å². The largest absolute Gasteiger partial charge is 0.351 e. The zero-order valence-corrected chi connectivity index (χ0v) is 19.0. The van der Waals surface area contributed by atoms with Gasteiger partial charge in [-0.3, -0.25) is 14.4 Å². The lowest BCUT2D eigenvalue weighted by atomic mass is 10.1. The summed E-state index contributed by atoms with van der Waals surface area (Å²) in [6.07, 6.45) is 2.29. The van der Waals surface area contributed by atoms with Crippen molar-refractivity contribution in [3.8, 4) is 0 Å². The van der Waals surface area contributed by atoms with E-state index in [1.165, 1.54) is 11.8 Å². The molecule has 4 rings (SSSR count). The summed E-state index contributed by atoms with van der Waals surface area (Å²) >= 11 is 1.38. The second kappa shape index (κ2) is 9.56. The molecule has 0 spiro atoms. The smallest absolute Gasteiger partial charge is 0.262 e. The molecule has 0 bridgehead atoms. The molecule has 2 heterocycles. The topological polar surface area (TPSA) is 90.9 Å². The van der Waals surface area contributed by atoms with Crippen molar-refractivity contribution in [1.82, 2.24) is 4.90 Å². The molecule has 166 valence electrons. The van der Waals surface area contributed by atoms with Gasteiger partial charge in [0.25, 0.3) is 11.8 Å². The highest BCUT2D eigenvalue weighted by Crippen LogP contribution is 2.29. The fraction of sp³-hybridized carbons (Fsp3) is 0.333. The van der Waals surface area contributed by atoms with E-state index in [2.05, 4.69) is 20.5 Å². The molecule has 0 radical (unpaired) electrons. The van der Waals surface area contributed by atoms with Crippen molar-refractivity contribution >= 4 is 46.0 Å². The first-order chi connectivity index (χ1) is 15.4. The molecule has 2 aromatic carbocycles. The van der Waals surface area contributed by atoms with Crippen LogP contribution in [0.15, 0.2) is 47.5 Å². The molecule has 1 fully saturated rings. The number of amides is 3. The van der Waals surface area contributed by atoms with Crippen LogP contribution in [0.4, 0.5) is 11.4 Å². The Hall–Kier alpha value is -3.13. The third kappa shape index (κ3) is 5.02. The lowest BCUT2D eigenvalue weighted by Crippen LogP contribution is -2.25. The van der Waals surface area contributed by atoms with Gasteiger partial charge in [0.05, 0.1) is 0 Å². The van der Waals surface area contributed by atoms with E-state index in [-0.39, 0.29) is 24.1 Å². The van der Waals surface area contributed by atoms with Crippen LogP contribution in [-0.4, -0.2) is 46.1 Å². The summed E-state index contributed by atoms with van der Waals surface area (Å²) in [5.74, 6) is -0.706. The van der Waals surface area contributed by atoms with Crippen molar-refractivity contribution in [2.75, 3.05) is 23.7 Å². The second-order valence-electron chi connectivity index (χ2n) is 8.06. The van der Waals surface area contributed by atoms with Crippen molar-refractivity contribution < 1.29 is 14.4 Å². The molecule has 1 unspecified atom stereocenters. The van der Waals surface area contributed by atoms with Crippen LogP contribution in [0.3, 0.4) is 0 Å². The Morgan fingerprint density at radius 2 is 1.78 bits per heavy atom. The normalized spacial score (nSPS) is 17.9. The maximum Gasteiger partial charge on any atom is 0.262 e. The van der Waals surface area contributed by atoms with E-state index in [9.17, 15) is 14.4 Å². The van der Waals surface area contributed by atoms with Gasteiger partial charge in [-0.1, -0.05) is 23.9 Å².